The molecule has 0 atom stereocenters. The topological polar surface area (TPSA) is 20.2 Å². The first-order chi connectivity index (χ1) is 5.74. The highest BCUT2D eigenvalue weighted by Gasteiger charge is 1.96. The summed E-state index contributed by atoms with van der Waals surface area (Å²) in [7, 11) is 0. The van der Waals surface area contributed by atoms with Crippen molar-refractivity contribution in [1.29, 1.82) is 0 Å². The number of hydrogen-bond donors (Lipinski definition) is 1. The Hall–Kier alpha value is -1.42. The van der Waals surface area contributed by atoms with Gasteiger partial charge < -0.3 is 5.11 Å². The Morgan fingerprint density at radius 1 is 1.50 bits per heavy atom. The number of benzene rings is 1. The molecule has 0 bridgehead atoms. The summed E-state index contributed by atoms with van der Waals surface area (Å²) in [5.74, 6) is 2.92. The summed E-state index contributed by atoms with van der Waals surface area (Å²) in [5.41, 5.74) is 2.00. The molecule has 0 heterocycles. The highest BCUT2D eigenvalue weighted by Crippen LogP contribution is 2.17. The molecular weight excluding hydrogens is 148 g/mol. The molecule has 1 rings (SSSR count). The lowest BCUT2D eigenvalue weighted by Crippen LogP contribution is -1.84. The number of terminal acetylenes is 1. The van der Waals surface area contributed by atoms with Crippen LogP contribution in [0, 0.1) is 19.3 Å². The van der Waals surface area contributed by atoms with E-state index in [0.29, 0.717) is 5.75 Å². The molecule has 0 saturated carbocycles. The molecule has 0 aromatic heterocycles. The SMILES string of the molecule is C#CCCc1ccc(C)c(O)c1. The van der Waals surface area contributed by atoms with Crippen molar-refractivity contribution in [2.24, 2.45) is 0 Å². The lowest BCUT2D eigenvalue weighted by molar-refractivity contribution is 0.470. The second-order valence-corrected chi connectivity index (χ2v) is 2.82. The van der Waals surface area contributed by atoms with Gasteiger partial charge in [-0.3, -0.25) is 0 Å². The maximum Gasteiger partial charge on any atom is 0.118 e. The zero-order valence-corrected chi connectivity index (χ0v) is 7.17. The molecule has 0 aliphatic carbocycles. The minimum absolute atomic E-state index is 0.351. The van der Waals surface area contributed by atoms with Crippen molar-refractivity contribution in [3.8, 4) is 18.1 Å². The first-order valence-electron chi connectivity index (χ1n) is 3.96. The third-order valence-corrected chi connectivity index (χ3v) is 1.83. The van der Waals surface area contributed by atoms with Crippen molar-refractivity contribution in [2.75, 3.05) is 0 Å². The summed E-state index contributed by atoms with van der Waals surface area (Å²) in [6, 6.07) is 5.67. The molecule has 62 valence electrons. The molecule has 1 aromatic carbocycles. The second kappa shape index (κ2) is 3.82. The highest BCUT2D eigenvalue weighted by molar-refractivity contribution is 5.35. The predicted molar refractivity (Wildman–Crippen MR) is 50.0 cm³/mol. The number of rotatable bonds is 2. The molecular formula is C11H12O. The first kappa shape index (κ1) is 8.67. The van der Waals surface area contributed by atoms with E-state index in [4.69, 9.17) is 6.42 Å². The lowest BCUT2D eigenvalue weighted by Gasteiger charge is -2.01. The molecule has 0 spiro atoms. The minimum Gasteiger partial charge on any atom is -0.508 e. The minimum atomic E-state index is 0.351. The Morgan fingerprint density at radius 3 is 2.83 bits per heavy atom. The van der Waals surface area contributed by atoms with Crippen LogP contribution in [-0.4, -0.2) is 5.11 Å². The van der Waals surface area contributed by atoms with Crippen LogP contribution in [-0.2, 0) is 6.42 Å². The van der Waals surface area contributed by atoms with Gasteiger partial charge in [-0.15, -0.1) is 12.3 Å². The number of phenolic OH excluding ortho intramolecular Hbond substituents is 1. The molecule has 0 unspecified atom stereocenters. The van der Waals surface area contributed by atoms with Gasteiger partial charge in [0.2, 0.25) is 0 Å². The van der Waals surface area contributed by atoms with Crippen molar-refractivity contribution in [3.05, 3.63) is 29.3 Å². The Balaban J connectivity index is 2.77. The van der Waals surface area contributed by atoms with Gasteiger partial charge in [0, 0.05) is 6.42 Å². The van der Waals surface area contributed by atoms with Gasteiger partial charge >= 0.3 is 0 Å². The van der Waals surface area contributed by atoms with Crippen molar-refractivity contribution in [3.63, 3.8) is 0 Å². The predicted octanol–water partition coefficient (Wildman–Crippen LogP) is 2.27. The Morgan fingerprint density at radius 2 is 2.25 bits per heavy atom. The molecule has 0 aliphatic rings. The third kappa shape index (κ3) is 2.03. The Kier molecular flexibility index (Phi) is 2.76. The van der Waals surface area contributed by atoms with E-state index in [1.165, 1.54) is 0 Å². The quantitative estimate of drug-likeness (QED) is 0.658. The van der Waals surface area contributed by atoms with Gasteiger partial charge in [-0.25, -0.2) is 0 Å². The standard InChI is InChI=1S/C11H12O/c1-3-4-5-10-7-6-9(2)11(12)8-10/h1,6-8,12H,4-5H2,2H3. The molecule has 1 heteroatoms. The second-order valence-electron chi connectivity index (χ2n) is 2.82. The molecule has 0 saturated heterocycles. The highest BCUT2D eigenvalue weighted by atomic mass is 16.3. The Labute approximate surface area is 73.0 Å². The van der Waals surface area contributed by atoms with E-state index in [1.807, 2.05) is 19.1 Å². The maximum atomic E-state index is 9.35. The molecule has 0 amide bonds. The molecule has 1 aromatic rings. The van der Waals surface area contributed by atoms with Crippen molar-refractivity contribution in [2.45, 2.75) is 19.8 Å². The zero-order chi connectivity index (χ0) is 8.97. The largest absolute Gasteiger partial charge is 0.508 e. The lowest BCUT2D eigenvalue weighted by atomic mass is 10.1. The fourth-order valence-corrected chi connectivity index (χ4v) is 1.03. The van der Waals surface area contributed by atoms with Crippen LogP contribution >= 0.6 is 0 Å². The first-order valence-corrected chi connectivity index (χ1v) is 3.96. The summed E-state index contributed by atoms with van der Waals surface area (Å²) in [4.78, 5) is 0. The van der Waals surface area contributed by atoms with E-state index < -0.39 is 0 Å². The van der Waals surface area contributed by atoms with Gasteiger partial charge in [0.05, 0.1) is 0 Å². The molecule has 0 aliphatic heterocycles. The van der Waals surface area contributed by atoms with Gasteiger partial charge in [-0.05, 0) is 30.5 Å². The van der Waals surface area contributed by atoms with Crippen LogP contribution < -0.4 is 0 Å². The van der Waals surface area contributed by atoms with Gasteiger partial charge in [0.1, 0.15) is 5.75 Å². The average molecular weight is 160 g/mol. The third-order valence-electron chi connectivity index (χ3n) is 1.83. The van der Waals surface area contributed by atoms with E-state index in [9.17, 15) is 5.11 Å². The van der Waals surface area contributed by atoms with Crippen LogP contribution in [0.3, 0.4) is 0 Å². The van der Waals surface area contributed by atoms with E-state index in [2.05, 4.69) is 5.92 Å². The smallest absolute Gasteiger partial charge is 0.118 e. The number of phenols is 1. The van der Waals surface area contributed by atoms with Crippen LogP contribution in [0.5, 0.6) is 5.75 Å². The normalized spacial score (nSPS) is 9.33. The van der Waals surface area contributed by atoms with Crippen LogP contribution in [0.15, 0.2) is 18.2 Å². The average Bonchev–Trinajstić information content (AvgIpc) is 2.07. The van der Waals surface area contributed by atoms with Gasteiger partial charge in [0.25, 0.3) is 0 Å². The van der Waals surface area contributed by atoms with Crippen molar-refractivity contribution >= 4 is 0 Å². The molecule has 1 nitrogen and oxygen atoms in total. The van der Waals surface area contributed by atoms with Crippen molar-refractivity contribution in [1.82, 2.24) is 0 Å². The maximum absolute atomic E-state index is 9.35. The molecule has 1 N–H and O–H groups in total. The molecule has 0 radical (unpaired) electrons. The summed E-state index contributed by atoms with van der Waals surface area (Å²) in [6.45, 7) is 1.88. The van der Waals surface area contributed by atoms with E-state index in [-0.39, 0.29) is 0 Å². The monoisotopic (exact) mass is 160 g/mol. The summed E-state index contributed by atoms with van der Waals surface area (Å²) in [5, 5.41) is 9.35. The van der Waals surface area contributed by atoms with Crippen LogP contribution in [0.2, 0.25) is 0 Å². The number of aromatic hydroxyl groups is 1. The van der Waals surface area contributed by atoms with Crippen LogP contribution in [0.4, 0.5) is 0 Å². The van der Waals surface area contributed by atoms with E-state index in [1.54, 1.807) is 6.07 Å². The summed E-state index contributed by atoms with van der Waals surface area (Å²) in [6.07, 6.45) is 6.69. The van der Waals surface area contributed by atoms with E-state index in [0.717, 1.165) is 24.0 Å². The van der Waals surface area contributed by atoms with Crippen molar-refractivity contribution < 1.29 is 5.11 Å². The summed E-state index contributed by atoms with van der Waals surface area (Å²) >= 11 is 0. The van der Waals surface area contributed by atoms with Crippen LogP contribution in [0.1, 0.15) is 17.5 Å². The van der Waals surface area contributed by atoms with E-state index >= 15 is 0 Å². The molecule has 0 fully saturated rings. The van der Waals surface area contributed by atoms with Gasteiger partial charge in [-0.2, -0.15) is 0 Å². The zero-order valence-electron chi connectivity index (χ0n) is 7.17. The Bertz CT molecular complexity index is 307. The summed E-state index contributed by atoms with van der Waals surface area (Å²) < 4.78 is 0. The fraction of sp³-hybridized carbons (Fsp3) is 0.273. The number of aryl methyl sites for hydroxylation is 2. The van der Waals surface area contributed by atoms with Crippen LogP contribution in [0.25, 0.3) is 0 Å². The van der Waals surface area contributed by atoms with Gasteiger partial charge in [-0.1, -0.05) is 12.1 Å². The number of hydrogen-bond acceptors (Lipinski definition) is 1. The fourth-order valence-electron chi connectivity index (χ4n) is 1.03. The van der Waals surface area contributed by atoms with Gasteiger partial charge in [0.15, 0.2) is 0 Å². The molecule has 12 heavy (non-hydrogen) atoms.